The number of benzene rings is 1. The average Bonchev–Trinajstić information content (AvgIpc) is 2.78. The maximum atomic E-state index is 12.2. The summed E-state index contributed by atoms with van der Waals surface area (Å²) in [5.74, 6) is -1.05. The molecule has 4 nitrogen and oxygen atoms in total. The Balaban J connectivity index is 2.06. The van der Waals surface area contributed by atoms with Crippen LogP contribution in [0.15, 0.2) is 29.2 Å². The van der Waals surface area contributed by atoms with Gasteiger partial charge in [-0.1, -0.05) is 18.2 Å². The first kappa shape index (κ1) is 13.0. The SMILES string of the molecule is CCN(CC(=O)O)C(=O)C1Cc2ccccc2S1. The quantitative estimate of drug-likeness (QED) is 0.899. The molecule has 0 spiro atoms. The standard InChI is InChI=1S/C13H15NO3S/c1-2-14(8-12(15)16)13(17)11-7-9-5-3-4-6-10(9)18-11/h3-6,11H,2,7-8H2,1H3,(H,15,16). The van der Waals surface area contributed by atoms with Crippen molar-refractivity contribution in [1.82, 2.24) is 4.90 Å². The van der Waals surface area contributed by atoms with Gasteiger partial charge in [-0.05, 0) is 25.0 Å². The van der Waals surface area contributed by atoms with Gasteiger partial charge in [0.25, 0.3) is 0 Å². The van der Waals surface area contributed by atoms with Crippen molar-refractivity contribution in [2.24, 2.45) is 0 Å². The van der Waals surface area contributed by atoms with Gasteiger partial charge in [0.2, 0.25) is 5.91 Å². The molecular weight excluding hydrogens is 250 g/mol. The van der Waals surface area contributed by atoms with E-state index in [0.717, 1.165) is 4.90 Å². The molecule has 18 heavy (non-hydrogen) atoms. The Kier molecular flexibility index (Phi) is 3.91. The van der Waals surface area contributed by atoms with Gasteiger partial charge in [0.15, 0.2) is 0 Å². The summed E-state index contributed by atoms with van der Waals surface area (Å²) < 4.78 is 0. The van der Waals surface area contributed by atoms with Crippen molar-refractivity contribution in [3.05, 3.63) is 29.8 Å². The molecule has 0 aliphatic carbocycles. The van der Waals surface area contributed by atoms with Gasteiger partial charge in [-0.15, -0.1) is 11.8 Å². The van der Waals surface area contributed by atoms with Gasteiger partial charge in [0.05, 0.1) is 5.25 Å². The van der Waals surface area contributed by atoms with E-state index in [9.17, 15) is 9.59 Å². The summed E-state index contributed by atoms with van der Waals surface area (Å²) in [6.45, 7) is 2.01. The molecule has 5 heteroatoms. The van der Waals surface area contributed by atoms with Gasteiger partial charge < -0.3 is 10.0 Å². The minimum Gasteiger partial charge on any atom is -0.480 e. The molecule has 1 aromatic rings. The lowest BCUT2D eigenvalue weighted by molar-refractivity contribution is -0.144. The Labute approximate surface area is 110 Å². The Morgan fingerprint density at radius 2 is 2.17 bits per heavy atom. The summed E-state index contributed by atoms with van der Waals surface area (Å²) in [4.78, 5) is 25.4. The first-order valence-electron chi connectivity index (χ1n) is 5.87. The molecule has 0 aromatic heterocycles. The van der Waals surface area contributed by atoms with Crippen LogP contribution in [0.2, 0.25) is 0 Å². The zero-order valence-corrected chi connectivity index (χ0v) is 10.9. The molecule has 1 aliphatic heterocycles. The average molecular weight is 265 g/mol. The van der Waals surface area contributed by atoms with E-state index in [-0.39, 0.29) is 17.7 Å². The summed E-state index contributed by atoms with van der Waals surface area (Å²) in [6, 6.07) is 7.93. The van der Waals surface area contributed by atoms with Gasteiger partial charge in [0, 0.05) is 11.4 Å². The fraction of sp³-hybridized carbons (Fsp3) is 0.385. The van der Waals surface area contributed by atoms with Crippen molar-refractivity contribution >= 4 is 23.6 Å². The maximum Gasteiger partial charge on any atom is 0.323 e. The van der Waals surface area contributed by atoms with E-state index < -0.39 is 5.97 Å². The van der Waals surface area contributed by atoms with E-state index in [1.807, 2.05) is 24.3 Å². The summed E-state index contributed by atoms with van der Waals surface area (Å²) in [6.07, 6.45) is 0.690. The third kappa shape index (κ3) is 2.67. The van der Waals surface area contributed by atoms with Gasteiger partial charge in [-0.25, -0.2) is 0 Å². The molecule has 2 rings (SSSR count). The van der Waals surface area contributed by atoms with Crippen LogP contribution >= 0.6 is 11.8 Å². The van der Waals surface area contributed by atoms with Crippen LogP contribution in [0.5, 0.6) is 0 Å². The molecule has 1 heterocycles. The van der Waals surface area contributed by atoms with E-state index >= 15 is 0 Å². The number of likely N-dealkylation sites (N-methyl/N-ethyl adjacent to an activating group) is 1. The van der Waals surface area contributed by atoms with Gasteiger partial charge in [0.1, 0.15) is 6.54 Å². The molecule has 0 radical (unpaired) electrons. The van der Waals surface area contributed by atoms with Crippen LogP contribution in [0.25, 0.3) is 0 Å². The smallest absolute Gasteiger partial charge is 0.323 e. The van der Waals surface area contributed by atoms with Crippen molar-refractivity contribution in [3.8, 4) is 0 Å². The number of carbonyl (C=O) groups is 2. The van der Waals surface area contributed by atoms with Crippen LogP contribution in [-0.2, 0) is 16.0 Å². The molecule has 0 bridgehead atoms. The van der Waals surface area contributed by atoms with Crippen LogP contribution in [0, 0.1) is 0 Å². The van der Waals surface area contributed by atoms with Crippen LogP contribution < -0.4 is 0 Å². The molecule has 96 valence electrons. The van der Waals surface area contributed by atoms with Crippen molar-refractivity contribution in [3.63, 3.8) is 0 Å². The van der Waals surface area contributed by atoms with Crippen LogP contribution in [-0.4, -0.2) is 40.2 Å². The third-order valence-corrected chi connectivity index (χ3v) is 4.25. The summed E-state index contributed by atoms with van der Waals surface area (Å²) >= 11 is 1.53. The Morgan fingerprint density at radius 1 is 1.44 bits per heavy atom. The van der Waals surface area contributed by atoms with Crippen molar-refractivity contribution in [2.45, 2.75) is 23.5 Å². The number of thioether (sulfide) groups is 1. The van der Waals surface area contributed by atoms with E-state index in [4.69, 9.17) is 5.11 Å². The van der Waals surface area contributed by atoms with Gasteiger partial charge in [-0.2, -0.15) is 0 Å². The molecular formula is C13H15NO3S. The monoisotopic (exact) mass is 265 g/mol. The minimum absolute atomic E-state index is 0.0823. The Bertz CT molecular complexity index is 450. The Hall–Kier alpha value is -1.49. The molecule has 0 saturated carbocycles. The molecule has 1 N–H and O–H groups in total. The van der Waals surface area contributed by atoms with E-state index in [0.29, 0.717) is 13.0 Å². The summed E-state index contributed by atoms with van der Waals surface area (Å²) in [5, 5.41) is 8.60. The highest BCUT2D eigenvalue weighted by Crippen LogP contribution is 2.37. The second-order valence-corrected chi connectivity index (χ2v) is 5.41. The zero-order valence-electron chi connectivity index (χ0n) is 10.1. The van der Waals surface area contributed by atoms with Gasteiger partial charge in [-0.3, -0.25) is 9.59 Å². The van der Waals surface area contributed by atoms with Crippen LogP contribution in [0.4, 0.5) is 0 Å². The number of amides is 1. The zero-order chi connectivity index (χ0) is 13.1. The fourth-order valence-corrected chi connectivity index (χ4v) is 3.31. The molecule has 1 aromatic carbocycles. The number of aliphatic carboxylic acids is 1. The maximum absolute atomic E-state index is 12.2. The van der Waals surface area contributed by atoms with Gasteiger partial charge >= 0.3 is 5.97 Å². The third-order valence-electron chi connectivity index (χ3n) is 2.94. The Morgan fingerprint density at radius 3 is 2.78 bits per heavy atom. The lowest BCUT2D eigenvalue weighted by Gasteiger charge is -2.21. The lowest BCUT2D eigenvalue weighted by atomic mass is 10.1. The van der Waals surface area contributed by atoms with Crippen LogP contribution in [0.3, 0.4) is 0 Å². The number of nitrogens with zero attached hydrogens (tertiary/aromatic N) is 1. The highest BCUT2D eigenvalue weighted by molar-refractivity contribution is 8.01. The summed E-state index contributed by atoms with van der Waals surface area (Å²) in [7, 11) is 0. The largest absolute Gasteiger partial charge is 0.480 e. The predicted molar refractivity (Wildman–Crippen MR) is 69.7 cm³/mol. The second kappa shape index (κ2) is 5.44. The number of carboxylic acid groups (broad SMARTS) is 1. The number of carboxylic acids is 1. The minimum atomic E-state index is -0.967. The lowest BCUT2D eigenvalue weighted by Crippen LogP contribution is -2.40. The first-order chi connectivity index (χ1) is 8.61. The highest BCUT2D eigenvalue weighted by atomic mass is 32.2. The van der Waals surface area contributed by atoms with Crippen LogP contribution in [0.1, 0.15) is 12.5 Å². The van der Waals surface area contributed by atoms with E-state index in [1.54, 1.807) is 6.92 Å². The molecule has 1 amide bonds. The first-order valence-corrected chi connectivity index (χ1v) is 6.75. The number of fused-ring (bicyclic) bond motifs is 1. The number of hydrogen-bond donors (Lipinski definition) is 1. The van der Waals surface area contributed by atoms with E-state index in [2.05, 4.69) is 0 Å². The van der Waals surface area contributed by atoms with E-state index in [1.165, 1.54) is 22.2 Å². The number of carbonyl (C=O) groups excluding carboxylic acids is 1. The topological polar surface area (TPSA) is 57.6 Å². The second-order valence-electron chi connectivity index (χ2n) is 4.16. The van der Waals surface area contributed by atoms with Crippen molar-refractivity contribution < 1.29 is 14.7 Å². The number of hydrogen-bond acceptors (Lipinski definition) is 3. The molecule has 1 unspecified atom stereocenters. The van der Waals surface area contributed by atoms with Crippen molar-refractivity contribution in [1.29, 1.82) is 0 Å². The summed E-state index contributed by atoms with van der Waals surface area (Å²) in [5.41, 5.74) is 1.17. The fourth-order valence-electron chi connectivity index (χ4n) is 2.03. The predicted octanol–water partition coefficient (Wildman–Crippen LogP) is 1.64. The molecule has 0 fully saturated rings. The molecule has 1 aliphatic rings. The molecule has 1 atom stereocenters. The highest BCUT2D eigenvalue weighted by Gasteiger charge is 2.31. The van der Waals surface area contributed by atoms with Crippen molar-refractivity contribution in [2.75, 3.05) is 13.1 Å². The normalized spacial score (nSPS) is 17.3. The molecule has 0 saturated heterocycles. The number of rotatable bonds is 4.